The number of amides is 11. The molecule has 31 nitrogen and oxygen atoms in total. The van der Waals surface area contributed by atoms with Gasteiger partial charge in [-0.15, -0.1) is 0 Å². The van der Waals surface area contributed by atoms with Crippen molar-refractivity contribution < 1.29 is 82.0 Å². The minimum Gasteiger partial charge on any atom is -0.508 e. The number of piperidine rings is 1. The Kier molecular flexibility index (Phi) is 37.0. The zero-order valence-electron chi connectivity index (χ0n) is 83.3. The normalized spacial score (nSPS) is 29.8. The van der Waals surface area contributed by atoms with E-state index in [0.717, 1.165) is 69.7 Å². The van der Waals surface area contributed by atoms with Crippen molar-refractivity contribution in [3.05, 3.63) is 126 Å². The minimum absolute atomic E-state index is 0.0290. The third-order valence-electron chi connectivity index (χ3n) is 31.2. The van der Waals surface area contributed by atoms with Crippen molar-refractivity contribution in [2.24, 2.45) is 64.1 Å². The zero-order chi connectivity index (χ0) is 99.7. The van der Waals surface area contributed by atoms with Crippen LogP contribution in [-0.4, -0.2) is 250 Å². The molecule has 5 heterocycles. The number of Topliss-reactive ketones (excluding diaryl/α,β-unsaturated/α-hetero) is 1. The number of alkyl carbamates (subject to hydrolysis) is 1. The number of unbranched alkanes of at least 4 members (excludes halogenated alkanes) is 1. The molecule has 13 rings (SSSR count). The Hall–Kier alpha value is -9.83. The van der Waals surface area contributed by atoms with Crippen molar-refractivity contribution in [1.82, 2.24) is 73.2 Å². The van der Waals surface area contributed by atoms with Crippen LogP contribution < -0.4 is 58.5 Å². The average molecular weight is 1960 g/mol. The van der Waals surface area contributed by atoms with E-state index in [1.54, 1.807) is 57.9 Å². The monoisotopic (exact) mass is 1960 g/mol. The molecular formula is C106H152N14O17S2. The standard InChI is InChI=1S/C106H152N14O17S2/c1-62(2)23-19-24-64(5)77-41-42-78-76-40-37-72-55-74(43-45-105(72,10)79(76)44-46-106(77,78)11)136-90(124)58-110-99(131)92(65(6)121)117-97(129)86-61-139-138-60-85(114-95(127)84(53-67-33-36-68-25-13-14-26-69(68)51-67)113-98(130)87-31-21-49-119(87)102(134)88-32-22-50-120(88)101(133)70-27-20-48-118(12)59-70)96(128)112-83(52-66-34-38-73(122)39-35-66)94(126)111-82(54-71-56-108-80-29-16-15-28-75(71)80)89(123)57-109-81(93(125)116-91(63(3)4)100(132)115-86)30-17-18-47-107-103(135)137-104(7,8)9/h13-16,25-26,28-29,33-39,51,56,62-65,70,74-88,91-92,108-109,121-122H,17-24,27,30-32,40-50,52-55,57-61H2,1-12H3,(H,107,135)(H,110,131)(H,111,126)(H,112,128)(H,113,130)(H,114,127)(H,115,132)(H,116,125)(H,117,129). The van der Waals surface area contributed by atoms with Crippen molar-refractivity contribution in [2.75, 3.05) is 64.4 Å². The molecule has 3 saturated carbocycles. The predicted octanol–water partition coefficient (Wildman–Crippen LogP) is 9.76. The number of aliphatic hydroxyl groups excluding tert-OH is 1. The summed E-state index contributed by atoms with van der Waals surface area (Å²) in [5.74, 6) is -6.77. The summed E-state index contributed by atoms with van der Waals surface area (Å²) >= 11 is 0. The van der Waals surface area contributed by atoms with Crippen molar-refractivity contribution >= 4 is 109 Å². The molecule has 0 spiro atoms. The van der Waals surface area contributed by atoms with Crippen molar-refractivity contribution in [1.29, 1.82) is 0 Å². The Bertz CT molecular complexity index is 5020. The van der Waals surface area contributed by atoms with Crippen LogP contribution in [0.3, 0.4) is 0 Å². The molecule has 10 aliphatic rings. The number of nitrogens with one attached hydrogen (secondary N) is 11. The quantitative estimate of drug-likeness (QED) is 0.0128. The maximum absolute atomic E-state index is 16.0. The molecule has 5 aliphatic carbocycles. The summed E-state index contributed by atoms with van der Waals surface area (Å²) in [5.41, 5.74) is 2.62. The molecule has 139 heavy (non-hydrogen) atoms. The Morgan fingerprint density at radius 1 is 0.662 bits per heavy atom. The van der Waals surface area contributed by atoms with Gasteiger partial charge in [-0.05, 0) is 249 Å². The fourth-order valence-electron chi connectivity index (χ4n) is 23.7. The number of aliphatic hydroxyl groups is 1. The number of benzene rings is 3. The van der Waals surface area contributed by atoms with Gasteiger partial charge in [-0.2, -0.15) is 0 Å². The number of phenolic OH excluding ortho intramolecular Hbond substituents is 1. The number of ether oxygens (including phenoxy) is 2. The second kappa shape index (κ2) is 48.3. The lowest BCUT2D eigenvalue weighted by Gasteiger charge is -2.58. The molecule has 3 aromatic rings. The molecule has 7 fully saturated rings. The number of esters is 1. The topological polar surface area (TPSA) is 423 Å². The lowest BCUT2D eigenvalue weighted by Crippen LogP contribution is -2.61. The second-order valence-corrected chi connectivity index (χ2v) is 45.7. The number of hydrogen-bond donors (Lipinski definition) is 13. The van der Waals surface area contributed by atoms with Crippen molar-refractivity contribution in [3.8, 4) is 5.75 Å². The van der Waals surface area contributed by atoms with Gasteiger partial charge in [0.1, 0.15) is 72.3 Å². The van der Waals surface area contributed by atoms with E-state index in [1.165, 1.54) is 74.5 Å². The molecule has 33 heteroatoms. The van der Waals surface area contributed by atoms with Crippen LogP contribution >= 0.6 is 21.6 Å². The van der Waals surface area contributed by atoms with E-state index in [-0.39, 0.29) is 104 Å². The Morgan fingerprint density at radius 2 is 1.37 bits per heavy atom. The van der Waals surface area contributed by atoms with Crippen LogP contribution in [0.2, 0.25) is 0 Å². The summed E-state index contributed by atoms with van der Waals surface area (Å²) < 4.78 is 11.6. The number of fused-ring (bicyclic) bond motifs is 7. The van der Waals surface area contributed by atoms with Crippen LogP contribution in [0.1, 0.15) is 222 Å². The lowest BCUT2D eigenvalue weighted by molar-refractivity contribution is -0.151. The summed E-state index contributed by atoms with van der Waals surface area (Å²) in [4.78, 5) is 200. The first kappa shape index (κ1) is 106. The second-order valence-electron chi connectivity index (χ2n) is 43.2. The fraction of sp³-hybridized carbons (Fsp3) is 0.651. The molecule has 22 unspecified atom stereocenters. The molecule has 760 valence electrons. The highest BCUT2D eigenvalue weighted by atomic mass is 33.1. The summed E-state index contributed by atoms with van der Waals surface area (Å²) in [7, 11) is 3.87. The lowest BCUT2D eigenvalue weighted by atomic mass is 9.47. The molecule has 0 aromatic heterocycles. The third kappa shape index (κ3) is 27.5. The average Bonchev–Trinajstić information content (AvgIpc) is 1.64. The highest BCUT2D eigenvalue weighted by Crippen LogP contribution is 2.67. The number of phenols is 1. The third-order valence-corrected chi connectivity index (χ3v) is 33.6. The highest BCUT2D eigenvalue weighted by Gasteiger charge is 2.60. The highest BCUT2D eigenvalue weighted by molar-refractivity contribution is 8.76. The van der Waals surface area contributed by atoms with Gasteiger partial charge in [0.15, 0.2) is 5.78 Å². The number of carbonyl (C=O) groups excluding carboxylic acids is 13. The van der Waals surface area contributed by atoms with E-state index >= 15 is 38.4 Å². The van der Waals surface area contributed by atoms with Gasteiger partial charge in [-0.3, -0.25) is 62.9 Å². The Morgan fingerprint density at radius 3 is 2.10 bits per heavy atom. The first-order valence-electron chi connectivity index (χ1n) is 51.1. The maximum atomic E-state index is 16.0. The molecule has 13 N–H and O–H groups in total. The molecule has 3 aromatic carbocycles. The summed E-state index contributed by atoms with van der Waals surface area (Å²) in [6.45, 7) is 22.9. The van der Waals surface area contributed by atoms with Gasteiger partial charge in [0.2, 0.25) is 59.1 Å². The fourth-order valence-corrected chi connectivity index (χ4v) is 26.0. The summed E-state index contributed by atoms with van der Waals surface area (Å²) in [6.07, 6.45) is 24.5. The molecule has 5 aliphatic heterocycles. The van der Waals surface area contributed by atoms with Gasteiger partial charge >= 0.3 is 12.1 Å². The molecular weight excluding hydrogens is 1810 g/mol. The smallest absolute Gasteiger partial charge is 0.407 e. The van der Waals surface area contributed by atoms with Crippen molar-refractivity contribution in [2.45, 2.75) is 308 Å². The number of nitrogens with zero attached hydrogens (tertiary/aromatic N) is 3. The molecule has 22 atom stereocenters. The van der Waals surface area contributed by atoms with Crippen LogP contribution in [0.5, 0.6) is 5.75 Å². The Balaban J connectivity index is 0.777. The number of hydrogen-bond acceptors (Lipinski definition) is 22. The van der Waals surface area contributed by atoms with E-state index in [4.69, 9.17) is 9.47 Å². The number of carbonyl (C=O) groups is 13. The number of rotatable bonds is 30. The van der Waals surface area contributed by atoms with Gasteiger partial charge < -0.3 is 87.6 Å². The SMILES string of the molecule is CC(C)CCCC(C)C1CCC2C3CC=C4CC(OC(=O)CNC(=O)C(NC(=O)C5CSSCC(NC(=O)C(Cc6ccc7ccccc7c6)NC(=O)C6CCCN6C(=O)C6CCCN6C(=O)C6CCCN(C)C6)C(=O)NC(Cc6ccc(O)cc6)C(=O)NC(CC6=CNC7C=CC=CC67)C(=O)CNC(CCCCNC(=O)OC(C)(C)C)C(=O)NC(C(C)C)C(=O)N5)C(C)O)CCC4(C)C3CCC12C. The van der Waals surface area contributed by atoms with E-state index in [2.05, 4.69) is 104 Å². The van der Waals surface area contributed by atoms with Gasteiger partial charge in [-0.1, -0.05) is 180 Å². The largest absolute Gasteiger partial charge is 0.508 e. The van der Waals surface area contributed by atoms with Gasteiger partial charge in [0, 0.05) is 62.9 Å². The summed E-state index contributed by atoms with van der Waals surface area (Å²) in [5, 5.41) is 55.7. The molecule has 0 bridgehead atoms. The van der Waals surface area contributed by atoms with Crippen molar-refractivity contribution in [3.63, 3.8) is 0 Å². The molecule has 4 saturated heterocycles. The number of allylic oxidation sites excluding steroid dienone is 3. The Labute approximate surface area is 827 Å². The van der Waals surface area contributed by atoms with Gasteiger partial charge in [0.05, 0.1) is 36.7 Å². The van der Waals surface area contributed by atoms with E-state index in [0.29, 0.717) is 104 Å². The number of ketones is 1. The van der Waals surface area contributed by atoms with Gasteiger partial charge in [-0.25, -0.2) is 4.79 Å². The van der Waals surface area contributed by atoms with E-state index < -0.39 is 162 Å². The maximum Gasteiger partial charge on any atom is 0.407 e. The number of aromatic hydroxyl groups is 1. The first-order chi connectivity index (χ1) is 66.3. The predicted molar refractivity (Wildman–Crippen MR) is 536 cm³/mol. The van der Waals surface area contributed by atoms with Crippen LogP contribution in [-0.2, 0) is 79.8 Å². The minimum atomic E-state index is -1.74. The first-order valence-corrected chi connectivity index (χ1v) is 53.6. The van der Waals surface area contributed by atoms with Crippen LogP contribution in [0.4, 0.5) is 4.79 Å². The molecule has 11 amide bonds. The van der Waals surface area contributed by atoms with Crippen LogP contribution in [0.15, 0.2) is 114 Å². The number of likely N-dealkylation sites (tertiary alicyclic amines) is 3. The zero-order valence-corrected chi connectivity index (χ0v) is 85.0. The van der Waals surface area contributed by atoms with Gasteiger partial charge in [0.25, 0.3) is 0 Å². The van der Waals surface area contributed by atoms with Crippen LogP contribution in [0, 0.1) is 64.1 Å². The van der Waals surface area contributed by atoms with Crippen LogP contribution in [0.25, 0.3) is 10.8 Å². The van der Waals surface area contributed by atoms with E-state index in [9.17, 15) is 34.2 Å². The van der Waals surface area contributed by atoms with E-state index in [1.807, 2.05) is 73.8 Å². The molecule has 0 radical (unpaired) electrons. The summed E-state index contributed by atoms with van der Waals surface area (Å²) in [6, 6.07) is 4.99.